The van der Waals surface area contributed by atoms with Crippen LogP contribution >= 0.6 is 0 Å². The minimum atomic E-state index is 0.136. The summed E-state index contributed by atoms with van der Waals surface area (Å²) < 4.78 is 0. The Morgan fingerprint density at radius 2 is 2.22 bits per heavy atom. The average Bonchev–Trinajstić information content (AvgIpc) is 2.65. The van der Waals surface area contributed by atoms with Crippen molar-refractivity contribution in [3.63, 3.8) is 0 Å². The molecule has 90 valence electrons. The van der Waals surface area contributed by atoms with E-state index >= 15 is 0 Å². The van der Waals surface area contributed by atoms with Crippen LogP contribution in [-0.4, -0.2) is 23.0 Å². The minimum absolute atomic E-state index is 0.136. The summed E-state index contributed by atoms with van der Waals surface area (Å²) in [5.41, 5.74) is 5.50. The summed E-state index contributed by atoms with van der Waals surface area (Å²) >= 11 is 0. The summed E-state index contributed by atoms with van der Waals surface area (Å²) in [4.78, 5) is 20.2. The van der Waals surface area contributed by atoms with E-state index in [2.05, 4.69) is 23.0 Å². The number of aliphatic imine (C=N–C) groups is 1. The van der Waals surface area contributed by atoms with E-state index in [1.165, 1.54) is 11.3 Å². The molecule has 2 heterocycles. The average molecular weight is 238 g/mol. The lowest BCUT2D eigenvalue weighted by molar-refractivity contribution is 0.100. The molecule has 0 saturated carbocycles. The standard InChI is InChI=1S/C15H14N2O/c1-8-5-11-15-12(6-8)17-10-4-2-3-9(14(10)15)13(18)7-16-11/h2-4,8,17H,5-7H2,1H3. The third-order valence-corrected chi connectivity index (χ3v) is 4.00. The quantitative estimate of drug-likeness (QED) is 0.753. The number of nitrogens with one attached hydrogen (secondary N) is 1. The number of hydrogen-bond donors (Lipinski definition) is 1. The van der Waals surface area contributed by atoms with Crippen LogP contribution in [0.3, 0.4) is 0 Å². The van der Waals surface area contributed by atoms with E-state index in [4.69, 9.17) is 0 Å². The smallest absolute Gasteiger partial charge is 0.184 e. The topological polar surface area (TPSA) is 45.2 Å². The van der Waals surface area contributed by atoms with Gasteiger partial charge >= 0.3 is 0 Å². The highest BCUT2D eigenvalue weighted by Gasteiger charge is 2.29. The van der Waals surface area contributed by atoms with Crippen LogP contribution in [0, 0.1) is 5.92 Å². The molecule has 1 unspecified atom stereocenters. The number of hydrogen-bond acceptors (Lipinski definition) is 2. The highest BCUT2D eigenvalue weighted by Crippen LogP contribution is 2.35. The first-order valence-electron chi connectivity index (χ1n) is 6.44. The Labute approximate surface area is 105 Å². The number of ketones is 1. The Bertz CT molecular complexity index is 709. The summed E-state index contributed by atoms with van der Waals surface area (Å²) in [5.74, 6) is 0.734. The van der Waals surface area contributed by atoms with Crippen molar-refractivity contribution >= 4 is 22.4 Å². The van der Waals surface area contributed by atoms with E-state index in [0.29, 0.717) is 12.5 Å². The second-order valence-electron chi connectivity index (χ2n) is 5.41. The van der Waals surface area contributed by atoms with Gasteiger partial charge in [-0.1, -0.05) is 19.1 Å². The van der Waals surface area contributed by atoms with Crippen molar-refractivity contribution in [2.24, 2.45) is 10.9 Å². The number of H-pyrrole nitrogens is 1. The van der Waals surface area contributed by atoms with Gasteiger partial charge in [0.05, 0.1) is 0 Å². The Kier molecular flexibility index (Phi) is 1.85. The number of aromatic amines is 1. The van der Waals surface area contributed by atoms with E-state index in [-0.39, 0.29) is 5.78 Å². The van der Waals surface area contributed by atoms with Crippen molar-refractivity contribution in [2.45, 2.75) is 19.8 Å². The third-order valence-electron chi connectivity index (χ3n) is 4.00. The molecule has 0 bridgehead atoms. The maximum absolute atomic E-state index is 12.1. The Hall–Kier alpha value is -1.90. The predicted molar refractivity (Wildman–Crippen MR) is 71.5 cm³/mol. The SMILES string of the molecule is CC1CC2=NCC(=O)c3cccc4[nH]c(c2c34)C1. The number of benzene rings is 1. The number of carbonyl (C=O) groups is 1. The number of aromatic nitrogens is 1. The lowest BCUT2D eigenvalue weighted by Crippen LogP contribution is -2.18. The number of nitrogens with zero attached hydrogens (tertiary/aromatic N) is 1. The predicted octanol–water partition coefficient (Wildman–Crippen LogP) is 2.74. The Morgan fingerprint density at radius 1 is 1.33 bits per heavy atom. The van der Waals surface area contributed by atoms with E-state index in [1.54, 1.807) is 0 Å². The van der Waals surface area contributed by atoms with E-state index < -0.39 is 0 Å². The fourth-order valence-electron chi connectivity index (χ4n) is 3.25. The lowest BCUT2D eigenvalue weighted by Gasteiger charge is -2.20. The molecule has 2 aliphatic rings. The maximum atomic E-state index is 12.1. The first-order chi connectivity index (χ1) is 8.74. The van der Waals surface area contributed by atoms with Crippen LogP contribution in [0.2, 0.25) is 0 Å². The molecule has 0 amide bonds. The van der Waals surface area contributed by atoms with Gasteiger partial charge in [-0.3, -0.25) is 9.79 Å². The molecule has 2 aromatic rings. The van der Waals surface area contributed by atoms with Crippen molar-refractivity contribution in [2.75, 3.05) is 6.54 Å². The molecule has 18 heavy (non-hydrogen) atoms. The van der Waals surface area contributed by atoms with Gasteiger partial charge in [-0.2, -0.15) is 0 Å². The van der Waals surface area contributed by atoms with Crippen molar-refractivity contribution in [1.82, 2.24) is 4.98 Å². The normalized spacial score (nSPS) is 21.9. The second kappa shape index (κ2) is 3.31. The first-order valence-corrected chi connectivity index (χ1v) is 6.44. The molecular weight excluding hydrogens is 224 g/mol. The van der Waals surface area contributed by atoms with Crippen LogP contribution in [0.4, 0.5) is 0 Å². The molecule has 1 N–H and O–H groups in total. The molecule has 4 rings (SSSR count). The first kappa shape index (κ1) is 10.1. The second-order valence-corrected chi connectivity index (χ2v) is 5.41. The highest BCUT2D eigenvalue weighted by atomic mass is 16.1. The van der Waals surface area contributed by atoms with Gasteiger partial charge in [-0.15, -0.1) is 0 Å². The van der Waals surface area contributed by atoms with Crippen LogP contribution < -0.4 is 0 Å². The van der Waals surface area contributed by atoms with Gasteiger partial charge in [0.2, 0.25) is 0 Å². The Balaban J connectivity index is 2.17. The molecule has 1 atom stereocenters. The monoisotopic (exact) mass is 238 g/mol. The molecule has 1 aromatic carbocycles. The maximum Gasteiger partial charge on any atom is 0.184 e. The molecule has 0 saturated heterocycles. The number of Topliss-reactive ketones (excluding diaryl/α,β-unsaturated/α-hetero) is 1. The van der Waals surface area contributed by atoms with Gasteiger partial charge in [0.25, 0.3) is 0 Å². The molecule has 1 aliphatic carbocycles. The summed E-state index contributed by atoms with van der Waals surface area (Å²) in [7, 11) is 0. The number of carbonyl (C=O) groups excluding carboxylic acids is 1. The minimum Gasteiger partial charge on any atom is -0.358 e. The van der Waals surface area contributed by atoms with E-state index in [9.17, 15) is 4.79 Å². The van der Waals surface area contributed by atoms with Crippen molar-refractivity contribution in [3.8, 4) is 0 Å². The van der Waals surface area contributed by atoms with Crippen LogP contribution in [0.25, 0.3) is 10.9 Å². The summed E-state index contributed by atoms with van der Waals surface area (Å²) in [5, 5.41) is 1.10. The molecule has 0 radical (unpaired) electrons. The molecule has 1 aliphatic heterocycles. The molecule has 0 fully saturated rings. The van der Waals surface area contributed by atoms with Crippen LogP contribution in [-0.2, 0) is 6.42 Å². The van der Waals surface area contributed by atoms with Crippen LogP contribution in [0.15, 0.2) is 23.2 Å². The van der Waals surface area contributed by atoms with Gasteiger partial charge in [0.1, 0.15) is 6.54 Å². The number of rotatable bonds is 0. The summed E-state index contributed by atoms with van der Waals surface area (Å²) in [6.45, 7) is 2.54. The van der Waals surface area contributed by atoms with Gasteiger partial charge < -0.3 is 4.98 Å². The third kappa shape index (κ3) is 1.19. The summed E-state index contributed by atoms with van der Waals surface area (Å²) in [6.07, 6.45) is 2.04. The van der Waals surface area contributed by atoms with Crippen molar-refractivity contribution < 1.29 is 4.79 Å². The van der Waals surface area contributed by atoms with E-state index in [0.717, 1.165) is 35.0 Å². The molecule has 1 aromatic heterocycles. The van der Waals surface area contributed by atoms with Gasteiger partial charge in [0, 0.05) is 33.4 Å². The fraction of sp³-hybridized carbons (Fsp3) is 0.333. The fourth-order valence-corrected chi connectivity index (χ4v) is 3.25. The van der Waals surface area contributed by atoms with Gasteiger partial charge in [-0.25, -0.2) is 0 Å². The molecule has 3 nitrogen and oxygen atoms in total. The van der Waals surface area contributed by atoms with Gasteiger partial charge in [-0.05, 0) is 24.8 Å². The van der Waals surface area contributed by atoms with Crippen LogP contribution in [0.1, 0.15) is 35.0 Å². The van der Waals surface area contributed by atoms with Crippen molar-refractivity contribution in [3.05, 3.63) is 35.0 Å². The van der Waals surface area contributed by atoms with Crippen LogP contribution in [0.5, 0.6) is 0 Å². The Morgan fingerprint density at radius 3 is 3.11 bits per heavy atom. The lowest BCUT2D eigenvalue weighted by atomic mass is 9.86. The van der Waals surface area contributed by atoms with Gasteiger partial charge in [0.15, 0.2) is 5.78 Å². The van der Waals surface area contributed by atoms with E-state index in [1.807, 2.05) is 12.1 Å². The zero-order chi connectivity index (χ0) is 12.3. The zero-order valence-electron chi connectivity index (χ0n) is 10.3. The summed E-state index contributed by atoms with van der Waals surface area (Å²) in [6, 6.07) is 5.93. The molecule has 0 spiro atoms. The van der Waals surface area contributed by atoms with Crippen molar-refractivity contribution in [1.29, 1.82) is 0 Å². The largest absolute Gasteiger partial charge is 0.358 e. The molecular formula is C15H14N2O. The molecule has 3 heteroatoms. The zero-order valence-corrected chi connectivity index (χ0v) is 10.3. The highest BCUT2D eigenvalue weighted by molar-refractivity contribution is 6.21.